The van der Waals surface area contributed by atoms with Crippen LogP contribution in [0.2, 0.25) is 0 Å². The Hall–Kier alpha value is -0.660. The third-order valence-corrected chi connectivity index (χ3v) is 3.82. The van der Waals surface area contributed by atoms with E-state index in [-0.39, 0.29) is 17.6 Å². The maximum atomic E-state index is 12.1. The molecule has 2 nitrogen and oxygen atoms in total. The lowest BCUT2D eigenvalue weighted by Gasteiger charge is -2.18. The van der Waals surface area contributed by atoms with E-state index in [4.69, 9.17) is 0 Å². The van der Waals surface area contributed by atoms with Crippen LogP contribution in [0, 0.1) is 23.7 Å². The SMILES string of the molecule is CCC(C=O)C(C)C(=O)CC(C)CCCC(C)C. The summed E-state index contributed by atoms with van der Waals surface area (Å²) in [6.07, 6.45) is 5.88. The average molecular weight is 254 g/mol. The summed E-state index contributed by atoms with van der Waals surface area (Å²) in [6, 6.07) is 0. The monoisotopic (exact) mass is 254 g/mol. The van der Waals surface area contributed by atoms with E-state index in [1.165, 1.54) is 12.8 Å². The molecule has 0 fully saturated rings. The van der Waals surface area contributed by atoms with Gasteiger partial charge >= 0.3 is 0 Å². The molecule has 0 amide bonds. The van der Waals surface area contributed by atoms with Crippen LogP contribution in [0.15, 0.2) is 0 Å². The van der Waals surface area contributed by atoms with Crippen molar-refractivity contribution in [2.24, 2.45) is 23.7 Å². The molecule has 0 N–H and O–H groups in total. The molecule has 0 aliphatic carbocycles. The quantitative estimate of drug-likeness (QED) is 0.546. The Balaban J connectivity index is 4.02. The second-order valence-electron chi connectivity index (χ2n) is 6.10. The van der Waals surface area contributed by atoms with Gasteiger partial charge in [0, 0.05) is 18.3 Å². The fraction of sp³-hybridized carbons (Fsp3) is 0.875. The molecule has 0 bridgehead atoms. The average Bonchev–Trinajstić information content (AvgIpc) is 2.29. The Morgan fingerprint density at radius 3 is 2.17 bits per heavy atom. The highest BCUT2D eigenvalue weighted by Crippen LogP contribution is 2.21. The van der Waals surface area contributed by atoms with Crippen molar-refractivity contribution in [1.82, 2.24) is 0 Å². The molecule has 2 heteroatoms. The largest absolute Gasteiger partial charge is 0.303 e. The fourth-order valence-electron chi connectivity index (χ4n) is 2.31. The van der Waals surface area contributed by atoms with Crippen molar-refractivity contribution in [2.75, 3.05) is 0 Å². The molecule has 0 saturated carbocycles. The van der Waals surface area contributed by atoms with Crippen LogP contribution in [0.4, 0.5) is 0 Å². The Labute approximate surface area is 113 Å². The summed E-state index contributed by atoms with van der Waals surface area (Å²) >= 11 is 0. The summed E-state index contributed by atoms with van der Waals surface area (Å²) in [4.78, 5) is 22.9. The second-order valence-corrected chi connectivity index (χ2v) is 6.10. The van der Waals surface area contributed by atoms with Crippen LogP contribution in [0.25, 0.3) is 0 Å². The first kappa shape index (κ1) is 17.3. The van der Waals surface area contributed by atoms with Crippen molar-refractivity contribution in [2.45, 2.75) is 66.7 Å². The van der Waals surface area contributed by atoms with Crippen molar-refractivity contribution in [3.63, 3.8) is 0 Å². The van der Waals surface area contributed by atoms with Gasteiger partial charge in [-0.05, 0) is 18.3 Å². The van der Waals surface area contributed by atoms with Crippen molar-refractivity contribution in [1.29, 1.82) is 0 Å². The van der Waals surface area contributed by atoms with Gasteiger partial charge in [-0.2, -0.15) is 0 Å². The van der Waals surface area contributed by atoms with E-state index in [9.17, 15) is 9.59 Å². The molecular weight excluding hydrogens is 224 g/mol. The molecule has 18 heavy (non-hydrogen) atoms. The van der Waals surface area contributed by atoms with E-state index >= 15 is 0 Å². The van der Waals surface area contributed by atoms with Crippen LogP contribution in [0.1, 0.15) is 66.7 Å². The standard InChI is InChI=1S/C16H30O2/c1-6-15(11-17)14(5)16(18)10-13(4)9-7-8-12(2)3/h11-15H,6-10H2,1-5H3. The summed E-state index contributed by atoms with van der Waals surface area (Å²) in [5.41, 5.74) is 0. The maximum Gasteiger partial charge on any atom is 0.136 e. The van der Waals surface area contributed by atoms with Crippen LogP contribution in [-0.4, -0.2) is 12.1 Å². The van der Waals surface area contributed by atoms with Crippen molar-refractivity contribution in [3.05, 3.63) is 0 Å². The van der Waals surface area contributed by atoms with E-state index in [1.807, 2.05) is 13.8 Å². The Bertz CT molecular complexity index is 245. The first-order chi connectivity index (χ1) is 8.42. The number of ketones is 1. The highest BCUT2D eigenvalue weighted by molar-refractivity contribution is 5.83. The predicted octanol–water partition coefficient (Wildman–Crippen LogP) is 4.27. The molecule has 3 atom stereocenters. The van der Waals surface area contributed by atoms with Crippen LogP contribution < -0.4 is 0 Å². The molecule has 0 aliphatic rings. The first-order valence-corrected chi connectivity index (χ1v) is 7.40. The van der Waals surface area contributed by atoms with Crippen LogP contribution in [-0.2, 0) is 9.59 Å². The van der Waals surface area contributed by atoms with Crippen LogP contribution >= 0.6 is 0 Å². The zero-order valence-corrected chi connectivity index (χ0v) is 12.7. The minimum Gasteiger partial charge on any atom is -0.303 e. The van der Waals surface area contributed by atoms with Gasteiger partial charge in [0.1, 0.15) is 12.1 Å². The zero-order chi connectivity index (χ0) is 14.1. The van der Waals surface area contributed by atoms with Gasteiger partial charge in [0.2, 0.25) is 0 Å². The molecule has 0 heterocycles. The van der Waals surface area contributed by atoms with Gasteiger partial charge in [-0.3, -0.25) is 4.79 Å². The molecule has 0 rings (SSSR count). The molecule has 0 radical (unpaired) electrons. The lowest BCUT2D eigenvalue weighted by atomic mass is 9.84. The Morgan fingerprint density at radius 2 is 1.72 bits per heavy atom. The highest BCUT2D eigenvalue weighted by Gasteiger charge is 2.23. The molecule has 0 aromatic rings. The number of carbonyl (C=O) groups is 2. The summed E-state index contributed by atoms with van der Waals surface area (Å²) in [6.45, 7) is 10.5. The third-order valence-electron chi connectivity index (χ3n) is 3.82. The van der Waals surface area contributed by atoms with Crippen LogP contribution in [0.5, 0.6) is 0 Å². The van der Waals surface area contributed by atoms with Crippen molar-refractivity contribution in [3.8, 4) is 0 Å². The molecule has 0 saturated heterocycles. The molecule has 0 spiro atoms. The molecule has 0 aromatic carbocycles. The van der Waals surface area contributed by atoms with Gasteiger partial charge in [0.05, 0.1) is 0 Å². The molecule has 106 valence electrons. The summed E-state index contributed by atoms with van der Waals surface area (Å²) in [7, 11) is 0. The van der Waals surface area contributed by atoms with E-state index < -0.39 is 0 Å². The predicted molar refractivity (Wildman–Crippen MR) is 76.5 cm³/mol. The molecule has 3 unspecified atom stereocenters. The first-order valence-electron chi connectivity index (χ1n) is 7.40. The second kappa shape index (κ2) is 9.29. The van der Waals surface area contributed by atoms with Crippen molar-refractivity contribution < 1.29 is 9.59 Å². The highest BCUT2D eigenvalue weighted by atomic mass is 16.1. The van der Waals surface area contributed by atoms with Gasteiger partial charge in [-0.25, -0.2) is 0 Å². The Kier molecular flexibility index (Phi) is 8.95. The molecule has 0 aromatic heterocycles. The number of rotatable bonds is 10. The number of aldehydes is 1. The van der Waals surface area contributed by atoms with Gasteiger partial charge in [-0.1, -0.05) is 53.9 Å². The summed E-state index contributed by atoms with van der Waals surface area (Å²) < 4.78 is 0. The van der Waals surface area contributed by atoms with E-state index in [1.54, 1.807) is 0 Å². The minimum atomic E-state index is -0.111. The summed E-state index contributed by atoms with van der Waals surface area (Å²) in [5, 5.41) is 0. The maximum absolute atomic E-state index is 12.1. The number of carbonyl (C=O) groups excluding carboxylic acids is 2. The van der Waals surface area contributed by atoms with Crippen LogP contribution in [0.3, 0.4) is 0 Å². The van der Waals surface area contributed by atoms with Crippen molar-refractivity contribution >= 4 is 12.1 Å². The molecule has 0 aliphatic heterocycles. The number of hydrogen-bond donors (Lipinski definition) is 0. The normalized spacial score (nSPS) is 16.3. The smallest absolute Gasteiger partial charge is 0.136 e. The zero-order valence-electron chi connectivity index (χ0n) is 12.7. The lowest BCUT2D eigenvalue weighted by molar-refractivity contribution is -0.128. The third kappa shape index (κ3) is 6.93. The number of hydrogen-bond acceptors (Lipinski definition) is 2. The van der Waals surface area contributed by atoms with E-state index in [0.29, 0.717) is 12.3 Å². The van der Waals surface area contributed by atoms with Gasteiger partial charge in [-0.15, -0.1) is 0 Å². The van der Waals surface area contributed by atoms with E-state index in [2.05, 4.69) is 20.8 Å². The van der Waals surface area contributed by atoms with Gasteiger partial charge in [0.25, 0.3) is 0 Å². The minimum absolute atomic E-state index is 0.0969. The molecular formula is C16H30O2. The fourth-order valence-corrected chi connectivity index (χ4v) is 2.31. The lowest BCUT2D eigenvalue weighted by Crippen LogP contribution is -2.23. The van der Waals surface area contributed by atoms with E-state index in [0.717, 1.165) is 25.0 Å². The number of Topliss-reactive ketones (excluding diaryl/α,β-unsaturated/α-hetero) is 1. The Morgan fingerprint density at radius 1 is 1.11 bits per heavy atom. The topological polar surface area (TPSA) is 34.1 Å². The summed E-state index contributed by atoms with van der Waals surface area (Å²) in [5.74, 6) is 1.24. The van der Waals surface area contributed by atoms with Gasteiger partial charge in [0.15, 0.2) is 0 Å². The van der Waals surface area contributed by atoms with Gasteiger partial charge < -0.3 is 4.79 Å².